The molecule has 1 aromatic carbocycles. The van der Waals surface area contributed by atoms with Crippen LogP contribution in [-0.4, -0.2) is 18.5 Å². The van der Waals surface area contributed by atoms with Crippen molar-refractivity contribution in [2.45, 2.75) is 64.9 Å². The summed E-state index contributed by atoms with van der Waals surface area (Å²) in [6.07, 6.45) is 6.37. The molecular weight excluding hydrogens is 311 g/mol. The highest BCUT2D eigenvalue weighted by Crippen LogP contribution is 2.07. The highest BCUT2D eigenvalue weighted by molar-refractivity contribution is 5.72. The van der Waals surface area contributed by atoms with E-state index in [1.807, 2.05) is 0 Å². The molecule has 1 rings (SSSR count). The molecule has 0 aliphatic carbocycles. The fraction of sp³-hybridized carbons (Fsp3) is 0.579. The molecule has 0 unspecified atom stereocenters. The maximum absolute atomic E-state index is 12.7. The van der Waals surface area contributed by atoms with E-state index in [1.165, 1.54) is 31.4 Å². The van der Waals surface area contributed by atoms with Crippen LogP contribution in [0, 0.1) is 5.82 Å². The number of hydrogen-bond donors (Lipinski definition) is 0. The van der Waals surface area contributed by atoms with Gasteiger partial charge in [0.15, 0.2) is 0 Å². The number of ether oxygens (including phenoxy) is 2. The van der Waals surface area contributed by atoms with Crippen LogP contribution in [0.15, 0.2) is 24.3 Å². The number of carbonyl (C=O) groups excluding carboxylic acids is 2. The Morgan fingerprint density at radius 1 is 0.875 bits per heavy atom. The average molecular weight is 338 g/mol. The van der Waals surface area contributed by atoms with Gasteiger partial charge in [0.25, 0.3) is 0 Å². The van der Waals surface area contributed by atoms with Gasteiger partial charge in [0.05, 0.1) is 6.61 Å². The molecule has 0 aliphatic rings. The van der Waals surface area contributed by atoms with E-state index >= 15 is 0 Å². The van der Waals surface area contributed by atoms with Gasteiger partial charge in [0.1, 0.15) is 12.4 Å². The molecule has 4 nitrogen and oxygen atoms in total. The van der Waals surface area contributed by atoms with Crippen LogP contribution in [0.25, 0.3) is 0 Å². The third-order valence-electron chi connectivity index (χ3n) is 3.59. The lowest BCUT2D eigenvalue weighted by atomic mass is 10.2. The Labute approximate surface area is 143 Å². The minimum atomic E-state index is -0.369. The number of carbonyl (C=O) groups is 2. The van der Waals surface area contributed by atoms with E-state index in [1.54, 1.807) is 12.1 Å². The van der Waals surface area contributed by atoms with Crippen LogP contribution in [0.5, 0.6) is 0 Å². The molecule has 0 amide bonds. The van der Waals surface area contributed by atoms with Gasteiger partial charge in [-0.3, -0.25) is 9.59 Å². The largest absolute Gasteiger partial charge is 0.466 e. The summed E-state index contributed by atoms with van der Waals surface area (Å²) >= 11 is 0. The topological polar surface area (TPSA) is 52.6 Å². The lowest BCUT2D eigenvalue weighted by molar-refractivity contribution is -0.146. The molecule has 0 fully saturated rings. The Kier molecular flexibility index (Phi) is 10.5. The number of rotatable bonds is 12. The van der Waals surface area contributed by atoms with E-state index in [9.17, 15) is 14.0 Å². The zero-order valence-corrected chi connectivity index (χ0v) is 14.4. The molecule has 0 aromatic heterocycles. The first kappa shape index (κ1) is 20.1. The molecule has 0 N–H and O–H groups in total. The van der Waals surface area contributed by atoms with Crippen molar-refractivity contribution in [3.05, 3.63) is 35.6 Å². The number of esters is 2. The molecule has 0 radical (unpaired) electrons. The summed E-state index contributed by atoms with van der Waals surface area (Å²) in [5.74, 6) is -0.961. The highest BCUT2D eigenvalue weighted by atomic mass is 19.1. The van der Waals surface area contributed by atoms with Gasteiger partial charge in [-0.1, -0.05) is 44.7 Å². The predicted molar refractivity (Wildman–Crippen MR) is 89.8 cm³/mol. The molecule has 1 aromatic rings. The average Bonchev–Trinajstić information content (AvgIpc) is 2.57. The van der Waals surface area contributed by atoms with Crippen molar-refractivity contribution in [1.82, 2.24) is 0 Å². The zero-order valence-electron chi connectivity index (χ0n) is 14.4. The molecule has 0 saturated heterocycles. The van der Waals surface area contributed by atoms with Crippen molar-refractivity contribution in [2.24, 2.45) is 0 Å². The van der Waals surface area contributed by atoms with Gasteiger partial charge in [-0.2, -0.15) is 0 Å². The monoisotopic (exact) mass is 338 g/mol. The second-order valence-electron chi connectivity index (χ2n) is 5.78. The molecule has 24 heavy (non-hydrogen) atoms. The first-order valence-corrected chi connectivity index (χ1v) is 8.67. The van der Waals surface area contributed by atoms with Crippen molar-refractivity contribution in [3.63, 3.8) is 0 Å². The molecule has 0 aliphatic heterocycles. The van der Waals surface area contributed by atoms with E-state index in [2.05, 4.69) is 6.92 Å². The van der Waals surface area contributed by atoms with Crippen LogP contribution < -0.4 is 0 Å². The summed E-state index contributed by atoms with van der Waals surface area (Å²) in [7, 11) is 0. The second kappa shape index (κ2) is 12.5. The van der Waals surface area contributed by atoms with Crippen LogP contribution in [-0.2, 0) is 25.7 Å². The molecule has 5 heteroatoms. The van der Waals surface area contributed by atoms with E-state index in [0.717, 1.165) is 18.4 Å². The molecule has 0 saturated carbocycles. The summed E-state index contributed by atoms with van der Waals surface area (Å²) in [6, 6.07) is 5.78. The normalized spacial score (nSPS) is 10.4. The van der Waals surface area contributed by atoms with Crippen LogP contribution in [0.1, 0.15) is 63.9 Å². The first-order valence-electron chi connectivity index (χ1n) is 8.67. The Bertz CT molecular complexity index is 485. The second-order valence-corrected chi connectivity index (χ2v) is 5.78. The molecule has 0 spiro atoms. The SMILES string of the molecule is CCCCCCCOC(=O)CCCC(=O)OCc1ccc(F)cc1. The van der Waals surface area contributed by atoms with Gasteiger partial charge < -0.3 is 9.47 Å². The molecule has 0 atom stereocenters. The lowest BCUT2D eigenvalue weighted by Crippen LogP contribution is -2.09. The number of benzene rings is 1. The smallest absolute Gasteiger partial charge is 0.306 e. The molecule has 134 valence electrons. The molecule has 0 heterocycles. The van der Waals surface area contributed by atoms with Crippen LogP contribution >= 0.6 is 0 Å². The van der Waals surface area contributed by atoms with Crippen LogP contribution in [0.2, 0.25) is 0 Å². The van der Waals surface area contributed by atoms with E-state index < -0.39 is 0 Å². The van der Waals surface area contributed by atoms with E-state index in [0.29, 0.717) is 13.0 Å². The van der Waals surface area contributed by atoms with Crippen molar-refractivity contribution < 1.29 is 23.5 Å². The van der Waals surface area contributed by atoms with Crippen molar-refractivity contribution >= 4 is 11.9 Å². The summed E-state index contributed by atoms with van der Waals surface area (Å²) < 4.78 is 22.9. The summed E-state index contributed by atoms with van der Waals surface area (Å²) in [5, 5.41) is 0. The Balaban J connectivity index is 2.01. The van der Waals surface area contributed by atoms with Crippen LogP contribution in [0.4, 0.5) is 4.39 Å². The van der Waals surface area contributed by atoms with Crippen LogP contribution in [0.3, 0.4) is 0 Å². The maximum Gasteiger partial charge on any atom is 0.306 e. The standard InChI is InChI=1S/C19H27FO4/c1-2-3-4-5-6-14-23-18(21)8-7-9-19(22)24-15-16-10-12-17(20)13-11-16/h10-13H,2-9,14-15H2,1H3. The highest BCUT2D eigenvalue weighted by Gasteiger charge is 2.07. The molecular formula is C19H27FO4. The fourth-order valence-corrected chi connectivity index (χ4v) is 2.16. The zero-order chi connectivity index (χ0) is 17.6. The number of hydrogen-bond acceptors (Lipinski definition) is 4. The van der Waals surface area contributed by atoms with Crippen molar-refractivity contribution in [2.75, 3.05) is 6.61 Å². The van der Waals surface area contributed by atoms with Gasteiger partial charge in [0, 0.05) is 12.8 Å². The van der Waals surface area contributed by atoms with E-state index in [-0.39, 0.29) is 37.2 Å². The van der Waals surface area contributed by atoms with Gasteiger partial charge in [-0.15, -0.1) is 0 Å². The predicted octanol–water partition coefficient (Wildman–Crippen LogP) is 4.55. The van der Waals surface area contributed by atoms with Crippen molar-refractivity contribution in [1.29, 1.82) is 0 Å². The summed E-state index contributed by atoms with van der Waals surface area (Å²) in [5.41, 5.74) is 0.729. The van der Waals surface area contributed by atoms with E-state index in [4.69, 9.17) is 9.47 Å². The quantitative estimate of drug-likeness (QED) is 0.414. The van der Waals surface area contributed by atoms with Gasteiger partial charge in [-0.25, -0.2) is 4.39 Å². The fourth-order valence-electron chi connectivity index (χ4n) is 2.16. The van der Waals surface area contributed by atoms with Gasteiger partial charge in [-0.05, 0) is 30.5 Å². The number of unbranched alkanes of at least 4 members (excludes halogenated alkanes) is 4. The molecule has 0 bridgehead atoms. The van der Waals surface area contributed by atoms with Gasteiger partial charge in [0.2, 0.25) is 0 Å². The van der Waals surface area contributed by atoms with Crippen molar-refractivity contribution in [3.8, 4) is 0 Å². The maximum atomic E-state index is 12.7. The first-order chi connectivity index (χ1) is 11.6. The third kappa shape index (κ3) is 9.98. The Morgan fingerprint density at radius 3 is 2.17 bits per heavy atom. The number of halogens is 1. The minimum Gasteiger partial charge on any atom is -0.466 e. The Morgan fingerprint density at radius 2 is 1.50 bits per heavy atom. The summed E-state index contributed by atoms with van der Waals surface area (Å²) in [6.45, 7) is 2.73. The van der Waals surface area contributed by atoms with Gasteiger partial charge >= 0.3 is 11.9 Å². The summed E-state index contributed by atoms with van der Waals surface area (Å²) in [4.78, 5) is 23.1. The third-order valence-corrected chi connectivity index (χ3v) is 3.59. The minimum absolute atomic E-state index is 0.112. The lowest BCUT2D eigenvalue weighted by Gasteiger charge is -2.06. The Hall–Kier alpha value is -1.91.